The number of rotatable bonds is 12. The summed E-state index contributed by atoms with van der Waals surface area (Å²) in [5.41, 5.74) is 0. The van der Waals surface area contributed by atoms with Crippen molar-refractivity contribution in [2.24, 2.45) is 11.8 Å². The molecule has 0 heterocycles. The predicted molar refractivity (Wildman–Crippen MR) is 95.1 cm³/mol. The molecule has 0 spiro atoms. The number of hydrogen-bond acceptors (Lipinski definition) is 5. The van der Waals surface area contributed by atoms with E-state index in [1.165, 1.54) is 45.6 Å². The van der Waals surface area contributed by atoms with Gasteiger partial charge in [-0.2, -0.15) is 0 Å². The Bertz CT molecular complexity index is 469. The maximum absolute atomic E-state index is 12.3. The zero-order chi connectivity index (χ0) is 18.7. The van der Waals surface area contributed by atoms with Crippen LogP contribution in [-0.4, -0.2) is 30.4 Å². The number of ether oxygens (including phenoxy) is 1. The van der Waals surface area contributed by atoms with Gasteiger partial charge in [-0.25, -0.2) is 0 Å². The van der Waals surface area contributed by atoms with Crippen LogP contribution in [-0.2, 0) is 23.9 Å². The monoisotopic (exact) mass is 352 g/mol. The molecule has 5 heteroatoms. The van der Waals surface area contributed by atoms with Crippen LogP contribution in [0.2, 0.25) is 0 Å². The second-order valence-electron chi connectivity index (χ2n) is 6.96. The first-order valence-electron chi connectivity index (χ1n) is 9.69. The average molecular weight is 352 g/mol. The molecule has 0 amide bonds. The summed E-state index contributed by atoms with van der Waals surface area (Å²) in [5, 5.41) is 0. The zero-order valence-corrected chi connectivity index (χ0v) is 15.7. The highest BCUT2D eigenvalue weighted by atomic mass is 16.5. The molecular weight excluding hydrogens is 320 g/mol. The van der Waals surface area contributed by atoms with E-state index >= 15 is 0 Å². The fourth-order valence-corrected chi connectivity index (χ4v) is 3.40. The maximum Gasteiger partial charge on any atom is 0.316 e. The highest BCUT2D eigenvalue weighted by Gasteiger charge is 2.44. The van der Waals surface area contributed by atoms with Crippen molar-refractivity contribution in [2.75, 3.05) is 7.11 Å². The van der Waals surface area contributed by atoms with Gasteiger partial charge in [0.05, 0.1) is 7.11 Å². The highest BCUT2D eigenvalue weighted by Crippen LogP contribution is 2.26. The second-order valence-corrected chi connectivity index (χ2v) is 6.96. The van der Waals surface area contributed by atoms with E-state index < -0.39 is 23.6 Å². The van der Waals surface area contributed by atoms with Gasteiger partial charge in [-0.3, -0.25) is 19.2 Å². The molecule has 2 atom stereocenters. The molecule has 0 radical (unpaired) electrons. The van der Waals surface area contributed by atoms with E-state index in [2.05, 4.69) is 11.7 Å². The van der Waals surface area contributed by atoms with Crippen LogP contribution >= 0.6 is 0 Å². The summed E-state index contributed by atoms with van der Waals surface area (Å²) >= 11 is 0. The topological polar surface area (TPSA) is 77.5 Å². The van der Waals surface area contributed by atoms with E-state index in [1.54, 1.807) is 0 Å². The smallest absolute Gasteiger partial charge is 0.316 e. The molecule has 0 unspecified atom stereocenters. The van der Waals surface area contributed by atoms with E-state index in [4.69, 9.17) is 0 Å². The van der Waals surface area contributed by atoms with Crippen molar-refractivity contribution < 1.29 is 23.9 Å². The summed E-state index contributed by atoms with van der Waals surface area (Å²) in [6.45, 7) is 2.20. The molecule has 1 rings (SSSR count). The molecule has 0 N–H and O–H groups in total. The molecule has 0 saturated heterocycles. The zero-order valence-electron chi connectivity index (χ0n) is 15.7. The maximum atomic E-state index is 12.3. The van der Waals surface area contributed by atoms with Crippen molar-refractivity contribution >= 4 is 23.3 Å². The van der Waals surface area contributed by atoms with Crippen LogP contribution < -0.4 is 0 Å². The summed E-state index contributed by atoms with van der Waals surface area (Å²) in [6.07, 6.45) is 10.7. The fourth-order valence-electron chi connectivity index (χ4n) is 3.40. The van der Waals surface area contributed by atoms with Gasteiger partial charge in [0, 0.05) is 12.8 Å². The van der Waals surface area contributed by atoms with Crippen LogP contribution in [0.4, 0.5) is 0 Å². The van der Waals surface area contributed by atoms with Crippen molar-refractivity contribution in [1.82, 2.24) is 0 Å². The van der Waals surface area contributed by atoms with Gasteiger partial charge in [0.15, 0.2) is 17.3 Å². The van der Waals surface area contributed by atoms with Crippen LogP contribution in [0.1, 0.15) is 84.0 Å². The number of carbonyl (C=O) groups is 4. The van der Waals surface area contributed by atoms with Gasteiger partial charge in [-0.1, -0.05) is 58.3 Å². The van der Waals surface area contributed by atoms with Gasteiger partial charge < -0.3 is 4.74 Å². The molecule has 0 aromatic carbocycles. The minimum Gasteiger partial charge on any atom is -0.468 e. The molecule has 0 bridgehead atoms. The number of carbonyl (C=O) groups excluding carboxylic acids is 4. The third-order valence-corrected chi connectivity index (χ3v) is 4.96. The SMILES string of the molecule is CCCCCCCCCCCC(=O)[C@H]1C(=O)CC[C@@H](C(=O)OC)C1=O. The fraction of sp³-hybridized carbons (Fsp3) is 0.800. The molecule has 0 aromatic rings. The predicted octanol–water partition coefficient (Wildman–Crippen LogP) is 3.81. The number of methoxy groups -OCH3 is 1. The van der Waals surface area contributed by atoms with Crippen molar-refractivity contribution in [3.63, 3.8) is 0 Å². The summed E-state index contributed by atoms with van der Waals surface area (Å²) in [7, 11) is 1.21. The van der Waals surface area contributed by atoms with Crippen molar-refractivity contribution in [3.05, 3.63) is 0 Å². The summed E-state index contributed by atoms with van der Waals surface area (Å²) in [5.74, 6) is -4.08. The lowest BCUT2D eigenvalue weighted by Crippen LogP contribution is -2.43. The van der Waals surface area contributed by atoms with Crippen LogP contribution in [0, 0.1) is 11.8 Å². The third-order valence-electron chi connectivity index (χ3n) is 4.96. The Kier molecular flexibility index (Phi) is 10.3. The first kappa shape index (κ1) is 21.5. The molecule has 25 heavy (non-hydrogen) atoms. The lowest BCUT2D eigenvalue weighted by molar-refractivity contribution is -0.154. The molecular formula is C20H32O5. The van der Waals surface area contributed by atoms with E-state index in [0.29, 0.717) is 6.42 Å². The van der Waals surface area contributed by atoms with Gasteiger partial charge in [-0.05, 0) is 12.8 Å². The molecule has 1 fully saturated rings. The molecule has 1 aliphatic rings. The quantitative estimate of drug-likeness (QED) is 0.303. The molecule has 0 aromatic heterocycles. The Labute approximate surface area is 150 Å². The molecule has 142 valence electrons. The van der Waals surface area contributed by atoms with Gasteiger partial charge in [0.1, 0.15) is 11.8 Å². The first-order chi connectivity index (χ1) is 12.0. The Morgan fingerprint density at radius 1 is 0.960 bits per heavy atom. The number of hydrogen-bond donors (Lipinski definition) is 0. The summed E-state index contributed by atoms with van der Waals surface area (Å²) in [4.78, 5) is 48.2. The number of Topliss-reactive ketones (excluding diaryl/α,β-unsaturated/α-hetero) is 3. The third kappa shape index (κ3) is 7.09. The van der Waals surface area contributed by atoms with E-state index in [0.717, 1.165) is 12.8 Å². The van der Waals surface area contributed by atoms with Crippen LogP contribution in [0.15, 0.2) is 0 Å². The average Bonchev–Trinajstić information content (AvgIpc) is 2.59. The van der Waals surface area contributed by atoms with Crippen molar-refractivity contribution in [3.8, 4) is 0 Å². The van der Waals surface area contributed by atoms with E-state index in [-0.39, 0.29) is 30.8 Å². The molecule has 1 saturated carbocycles. The van der Waals surface area contributed by atoms with E-state index in [9.17, 15) is 19.2 Å². The number of ketones is 3. The lowest BCUT2D eigenvalue weighted by atomic mass is 9.76. The number of esters is 1. The van der Waals surface area contributed by atoms with Gasteiger partial charge in [0.2, 0.25) is 0 Å². The Morgan fingerprint density at radius 3 is 2.08 bits per heavy atom. The lowest BCUT2D eigenvalue weighted by Gasteiger charge is -2.24. The molecule has 1 aliphatic carbocycles. The molecule has 0 aliphatic heterocycles. The van der Waals surface area contributed by atoms with Crippen molar-refractivity contribution in [2.45, 2.75) is 84.0 Å². The largest absolute Gasteiger partial charge is 0.468 e. The standard InChI is InChI=1S/C20H32O5/c1-3-4-5-6-7-8-9-10-11-12-16(21)18-17(22)14-13-15(19(18)23)20(24)25-2/h15,18H,3-14H2,1-2H3/t15-,18+/m1/s1. The van der Waals surface area contributed by atoms with E-state index in [1.807, 2.05) is 0 Å². The Morgan fingerprint density at radius 2 is 1.52 bits per heavy atom. The van der Waals surface area contributed by atoms with Gasteiger partial charge in [0.25, 0.3) is 0 Å². The molecule has 5 nitrogen and oxygen atoms in total. The number of unbranched alkanes of at least 4 members (excludes halogenated alkanes) is 8. The van der Waals surface area contributed by atoms with Crippen LogP contribution in [0.3, 0.4) is 0 Å². The van der Waals surface area contributed by atoms with Gasteiger partial charge >= 0.3 is 5.97 Å². The first-order valence-corrected chi connectivity index (χ1v) is 9.69. The summed E-state index contributed by atoms with van der Waals surface area (Å²) in [6, 6.07) is 0. The summed E-state index contributed by atoms with van der Waals surface area (Å²) < 4.78 is 4.60. The van der Waals surface area contributed by atoms with Gasteiger partial charge in [-0.15, -0.1) is 0 Å². The Hall–Kier alpha value is -1.52. The highest BCUT2D eigenvalue weighted by molar-refractivity contribution is 6.24. The van der Waals surface area contributed by atoms with Crippen LogP contribution in [0.5, 0.6) is 0 Å². The Balaban J connectivity index is 2.29. The normalized spacial score (nSPS) is 20.6. The minimum atomic E-state index is -1.24. The van der Waals surface area contributed by atoms with Crippen LogP contribution in [0.25, 0.3) is 0 Å². The second kappa shape index (κ2) is 11.9. The minimum absolute atomic E-state index is 0.0969. The van der Waals surface area contributed by atoms with Crippen molar-refractivity contribution in [1.29, 1.82) is 0 Å².